The number of ether oxygens (including phenoxy) is 1. The first-order valence-electron chi connectivity index (χ1n) is 8.56. The lowest BCUT2D eigenvalue weighted by molar-refractivity contribution is -0.130. The van der Waals surface area contributed by atoms with E-state index in [1.807, 2.05) is 0 Å². The molecule has 3 atom stereocenters. The summed E-state index contributed by atoms with van der Waals surface area (Å²) in [5, 5.41) is 13.8. The number of nitrogens with zero attached hydrogens (tertiary/aromatic N) is 1. The van der Waals surface area contributed by atoms with E-state index >= 15 is 0 Å². The van der Waals surface area contributed by atoms with Crippen LogP contribution in [0.25, 0.3) is 0 Å². The molecule has 5 nitrogen and oxygen atoms in total. The second-order valence-electron chi connectivity index (χ2n) is 6.73. The van der Waals surface area contributed by atoms with Crippen molar-refractivity contribution >= 4 is 5.91 Å². The Kier molecular flexibility index (Phi) is 5.14. The topological polar surface area (TPSA) is 61.8 Å². The fourth-order valence-corrected chi connectivity index (χ4v) is 4.05. The average molecular weight is 296 g/mol. The van der Waals surface area contributed by atoms with Crippen LogP contribution in [-0.2, 0) is 9.53 Å². The van der Waals surface area contributed by atoms with Crippen molar-refractivity contribution in [2.24, 2.45) is 5.92 Å². The number of aliphatic hydroxyl groups is 1. The van der Waals surface area contributed by atoms with E-state index in [9.17, 15) is 9.90 Å². The van der Waals surface area contributed by atoms with E-state index in [0.29, 0.717) is 13.2 Å². The molecule has 120 valence electrons. The molecule has 0 unspecified atom stereocenters. The SMILES string of the molecule is O=C(N[C@@H]1CCC[C@@H](N2CCCC2)[C@@H]1O)C1CCOCC1. The van der Waals surface area contributed by atoms with Gasteiger partial charge in [-0.05, 0) is 58.0 Å². The first-order valence-corrected chi connectivity index (χ1v) is 8.56. The normalized spacial score (nSPS) is 35.8. The third kappa shape index (κ3) is 3.58. The van der Waals surface area contributed by atoms with Gasteiger partial charge < -0.3 is 15.2 Å². The molecule has 2 N–H and O–H groups in total. The molecule has 0 aromatic carbocycles. The molecule has 0 aromatic rings. The zero-order valence-electron chi connectivity index (χ0n) is 12.8. The smallest absolute Gasteiger partial charge is 0.223 e. The van der Waals surface area contributed by atoms with Crippen LogP contribution >= 0.6 is 0 Å². The summed E-state index contributed by atoms with van der Waals surface area (Å²) < 4.78 is 5.31. The number of amides is 1. The highest BCUT2D eigenvalue weighted by Gasteiger charge is 2.37. The zero-order valence-corrected chi connectivity index (χ0v) is 12.8. The quantitative estimate of drug-likeness (QED) is 0.812. The maximum Gasteiger partial charge on any atom is 0.223 e. The molecule has 21 heavy (non-hydrogen) atoms. The summed E-state index contributed by atoms with van der Waals surface area (Å²) in [7, 11) is 0. The van der Waals surface area contributed by atoms with Crippen LogP contribution in [0.3, 0.4) is 0 Å². The lowest BCUT2D eigenvalue weighted by atomic mass is 9.86. The van der Waals surface area contributed by atoms with Gasteiger partial charge in [-0.1, -0.05) is 0 Å². The molecule has 2 heterocycles. The van der Waals surface area contributed by atoms with E-state index in [1.165, 1.54) is 12.8 Å². The van der Waals surface area contributed by atoms with Gasteiger partial charge in [0.05, 0.1) is 12.1 Å². The summed E-state index contributed by atoms with van der Waals surface area (Å²) in [6.45, 7) is 3.56. The molecule has 0 spiro atoms. The molecule has 3 fully saturated rings. The Labute approximate surface area is 127 Å². The maximum atomic E-state index is 12.3. The molecule has 2 saturated heterocycles. The predicted molar refractivity (Wildman–Crippen MR) is 79.9 cm³/mol. The Hall–Kier alpha value is -0.650. The fraction of sp³-hybridized carbons (Fsp3) is 0.938. The Bertz CT molecular complexity index is 351. The minimum absolute atomic E-state index is 0.0677. The number of rotatable bonds is 3. The van der Waals surface area contributed by atoms with E-state index in [1.54, 1.807) is 0 Å². The van der Waals surface area contributed by atoms with Crippen molar-refractivity contribution in [3.8, 4) is 0 Å². The fourth-order valence-electron chi connectivity index (χ4n) is 4.05. The van der Waals surface area contributed by atoms with E-state index < -0.39 is 6.10 Å². The number of hydrogen-bond donors (Lipinski definition) is 2. The first-order chi connectivity index (χ1) is 10.3. The minimum Gasteiger partial charge on any atom is -0.389 e. The number of carbonyl (C=O) groups excluding carboxylic acids is 1. The van der Waals surface area contributed by atoms with Gasteiger partial charge in [0.15, 0.2) is 0 Å². The predicted octanol–water partition coefficient (Wildman–Crippen LogP) is 0.907. The Balaban J connectivity index is 1.55. The number of likely N-dealkylation sites (tertiary alicyclic amines) is 1. The Morgan fingerprint density at radius 2 is 1.76 bits per heavy atom. The molecule has 0 radical (unpaired) electrons. The molecule has 3 rings (SSSR count). The van der Waals surface area contributed by atoms with Crippen molar-refractivity contribution in [2.45, 2.75) is 63.1 Å². The van der Waals surface area contributed by atoms with Crippen LogP contribution in [-0.4, -0.2) is 60.4 Å². The Morgan fingerprint density at radius 1 is 1.05 bits per heavy atom. The maximum absolute atomic E-state index is 12.3. The molecule has 0 bridgehead atoms. The molecule has 3 aliphatic rings. The van der Waals surface area contributed by atoms with Crippen LogP contribution in [0.15, 0.2) is 0 Å². The second-order valence-corrected chi connectivity index (χ2v) is 6.73. The van der Waals surface area contributed by atoms with Crippen LogP contribution in [0.1, 0.15) is 44.9 Å². The summed E-state index contributed by atoms with van der Waals surface area (Å²) in [6, 6.07) is 0.168. The lowest BCUT2D eigenvalue weighted by Gasteiger charge is -2.40. The van der Waals surface area contributed by atoms with Gasteiger partial charge in [0.25, 0.3) is 0 Å². The largest absolute Gasteiger partial charge is 0.389 e. The Morgan fingerprint density at radius 3 is 2.48 bits per heavy atom. The molecule has 5 heteroatoms. The van der Waals surface area contributed by atoms with Gasteiger partial charge in [0.2, 0.25) is 5.91 Å². The molecule has 1 amide bonds. The third-order valence-corrected chi connectivity index (χ3v) is 5.35. The van der Waals surface area contributed by atoms with Crippen molar-refractivity contribution in [2.75, 3.05) is 26.3 Å². The van der Waals surface area contributed by atoms with Crippen molar-refractivity contribution in [3.05, 3.63) is 0 Å². The van der Waals surface area contributed by atoms with Gasteiger partial charge in [-0.3, -0.25) is 9.69 Å². The van der Waals surface area contributed by atoms with Crippen LogP contribution in [0.2, 0.25) is 0 Å². The highest BCUT2D eigenvalue weighted by molar-refractivity contribution is 5.79. The van der Waals surface area contributed by atoms with Crippen LogP contribution in [0.4, 0.5) is 0 Å². The summed E-state index contributed by atoms with van der Waals surface area (Å²) >= 11 is 0. The number of aliphatic hydroxyl groups excluding tert-OH is 1. The monoisotopic (exact) mass is 296 g/mol. The second kappa shape index (κ2) is 7.07. The summed E-state index contributed by atoms with van der Waals surface area (Å²) in [5.74, 6) is 0.183. The van der Waals surface area contributed by atoms with Crippen LogP contribution in [0, 0.1) is 5.92 Å². The van der Waals surface area contributed by atoms with Gasteiger partial charge in [-0.2, -0.15) is 0 Å². The number of hydrogen-bond acceptors (Lipinski definition) is 4. The summed E-state index contributed by atoms with van der Waals surface area (Å²) in [4.78, 5) is 14.8. The van der Waals surface area contributed by atoms with E-state index in [0.717, 1.165) is 45.2 Å². The number of carbonyl (C=O) groups is 1. The lowest BCUT2D eigenvalue weighted by Crippen LogP contribution is -2.57. The van der Waals surface area contributed by atoms with Gasteiger partial charge in [-0.15, -0.1) is 0 Å². The standard InChI is InChI=1S/C16H28N2O3/c19-15-13(17-16(20)12-6-10-21-11-7-12)4-3-5-14(15)18-8-1-2-9-18/h12-15,19H,1-11H2,(H,17,20)/t13-,14-,15-/m1/s1. The molecular formula is C16H28N2O3. The van der Waals surface area contributed by atoms with E-state index in [2.05, 4.69) is 10.2 Å². The zero-order chi connectivity index (χ0) is 14.7. The van der Waals surface area contributed by atoms with Gasteiger partial charge in [0, 0.05) is 25.2 Å². The minimum atomic E-state index is -0.416. The average Bonchev–Trinajstić information content (AvgIpc) is 3.04. The first kappa shape index (κ1) is 15.3. The summed E-state index contributed by atoms with van der Waals surface area (Å²) in [6.07, 6.45) is 6.74. The highest BCUT2D eigenvalue weighted by atomic mass is 16.5. The molecule has 1 saturated carbocycles. The van der Waals surface area contributed by atoms with Crippen molar-refractivity contribution in [1.29, 1.82) is 0 Å². The van der Waals surface area contributed by atoms with Crippen molar-refractivity contribution in [1.82, 2.24) is 10.2 Å². The van der Waals surface area contributed by atoms with Crippen LogP contribution < -0.4 is 5.32 Å². The van der Waals surface area contributed by atoms with Crippen molar-refractivity contribution in [3.63, 3.8) is 0 Å². The highest BCUT2D eigenvalue weighted by Crippen LogP contribution is 2.27. The van der Waals surface area contributed by atoms with Gasteiger partial charge >= 0.3 is 0 Å². The molecule has 2 aliphatic heterocycles. The van der Waals surface area contributed by atoms with Gasteiger partial charge in [0.1, 0.15) is 0 Å². The van der Waals surface area contributed by atoms with Crippen LogP contribution in [0.5, 0.6) is 0 Å². The molecule has 1 aliphatic carbocycles. The van der Waals surface area contributed by atoms with E-state index in [-0.39, 0.29) is 23.9 Å². The molecular weight excluding hydrogens is 268 g/mol. The third-order valence-electron chi connectivity index (χ3n) is 5.35. The molecule has 0 aromatic heterocycles. The van der Waals surface area contributed by atoms with Crippen molar-refractivity contribution < 1.29 is 14.6 Å². The van der Waals surface area contributed by atoms with Gasteiger partial charge in [-0.25, -0.2) is 0 Å². The summed E-state index contributed by atoms with van der Waals surface area (Å²) in [5.41, 5.74) is 0. The van der Waals surface area contributed by atoms with E-state index in [4.69, 9.17) is 4.74 Å². The number of nitrogens with one attached hydrogen (secondary N) is 1.